The van der Waals surface area contributed by atoms with Gasteiger partial charge in [0.15, 0.2) is 0 Å². The molecule has 0 radical (unpaired) electrons. The van der Waals surface area contributed by atoms with Gasteiger partial charge in [0.05, 0.1) is 8.67 Å². The number of likely N-dealkylation sites (tertiary alicyclic amines) is 1. The van der Waals surface area contributed by atoms with Gasteiger partial charge < -0.3 is 15.5 Å². The Balaban J connectivity index is 1.75. The van der Waals surface area contributed by atoms with Gasteiger partial charge in [0.1, 0.15) is 0 Å². The van der Waals surface area contributed by atoms with Crippen LogP contribution in [0.15, 0.2) is 6.07 Å². The predicted octanol–water partition coefficient (Wildman–Crippen LogP) is 3.11. The Morgan fingerprint density at radius 2 is 2.05 bits per heavy atom. The van der Waals surface area contributed by atoms with E-state index in [2.05, 4.69) is 10.6 Å². The van der Waals surface area contributed by atoms with E-state index in [9.17, 15) is 9.59 Å². The second-order valence-electron chi connectivity index (χ2n) is 5.32. The summed E-state index contributed by atoms with van der Waals surface area (Å²) in [6.45, 7) is 1.72. The van der Waals surface area contributed by atoms with Crippen molar-refractivity contribution in [2.75, 3.05) is 20.1 Å². The monoisotopic (exact) mass is 363 g/mol. The largest absolute Gasteiger partial charge is 0.359 e. The molecular weight excluding hydrogens is 345 g/mol. The zero-order valence-corrected chi connectivity index (χ0v) is 14.7. The molecule has 2 N–H and O–H groups in total. The molecule has 1 aliphatic rings. The van der Waals surface area contributed by atoms with E-state index in [-0.39, 0.29) is 11.9 Å². The Labute approximate surface area is 144 Å². The summed E-state index contributed by atoms with van der Waals surface area (Å²) in [5.74, 6) is 0.418. The lowest BCUT2D eigenvalue weighted by Crippen LogP contribution is -2.44. The molecule has 0 saturated carbocycles. The number of nitrogens with zero attached hydrogens (tertiary/aromatic N) is 1. The molecular formula is C14H19Cl2N3O2S. The molecule has 0 atom stereocenters. The van der Waals surface area contributed by atoms with Gasteiger partial charge in [-0.1, -0.05) is 23.2 Å². The molecule has 122 valence electrons. The molecule has 8 heteroatoms. The van der Waals surface area contributed by atoms with Crippen LogP contribution in [0, 0.1) is 5.92 Å². The van der Waals surface area contributed by atoms with Gasteiger partial charge >= 0.3 is 6.03 Å². The zero-order chi connectivity index (χ0) is 16.1. The van der Waals surface area contributed by atoms with Crippen LogP contribution in [0.3, 0.4) is 0 Å². The SMILES string of the molecule is CNC(=O)CC1CCN(C(=O)NCc2cc(Cl)sc2Cl)CC1. The highest BCUT2D eigenvalue weighted by molar-refractivity contribution is 7.20. The number of thiophene rings is 1. The maximum absolute atomic E-state index is 12.1. The lowest BCUT2D eigenvalue weighted by Gasteiger charge is -2.31. The van der Waals surface area contributed by atoms with Crippen LogP contribution in [0.1, 0.15) is 24.8 Å². The maximum atomic E-state index is 12.1. The number of rotatable bonds is 4. The summed E-state index contributed by atoms with van der Waals surface area (Å²) in [7, 11) is 1.65. The Bertz CT molecular complexity index is 542. The summed E-state index contributed by atoms with van der Waals surface area (Å²) in [5.41, 5.74) is 0.833. The summed E-state index contributed by atoms with van der Waals surface area (Å²) in [6, 6.07) is 1.67. The Hall–Kier alpha value is -0.980. The first-order valence-corrected chi connectivity index (χ1v) is 8.74. The van der Waals surface area contributed by atoms with Crippen LogP contribution in [-0.2, 0) is 11.3 Å². The van der Waals surface area contributed by atoms with Crippen LogP contribution >= 0.6 is 34.5 Å². The van der Waals surface area contributed by atoms with Crippen LogP contribution in [0.25, 0.3) is 0 Å². The second-order valence-corrected chi connectivity index (χ2v) is 7.60. The van der Waals surface area contributed by atoms with Crippen molar-refractivity contribution in [2.45, 2.75) is 25.8 Å². The minimum absolute atomic E-state index is 0.0619. The van der Waals surface area contributed by atoms with E-state index in [0.717, 1.165) is 18.4 Å². The number of hydrogen-bond acceptors (Lipinski definition) is 3. The molecule has 0 unspecified atom stereocenters. The van der Waals surface area contributed by atoms with E-state index >= 15 is 0 Å². The maximum Gasteiger partial charge on any atom is 0.317 e. The van der Waals surface area contributed by atoms with Gasteiger partial charge in [-0.15, -0.1) is 11.3 Å². The van der Waals surface area contributed by atoms with E-state index in [1.165, 1.54) is 11.3 Å². The van der Waals surface area contributed by atoms with Gasteiger partial charge in [-0.2, -0.15) is 0 Å². The Morgan fingerprint density at radius 3 is 2.59 bits per heavy atom. The molecule has 0 aromatic carbocycles. The zero-order valence-electron chi connectivity index (χ0n) is 12.3. The van der Waals surface area contributed by atoms with E-state index in [4.69, 9.17) is 23.2 Å². The van der Waals surface area contributed by atoms with E-state index < -0.39 is 0 Å². The van der Waals surface area contributed by atoms with E-state index in [1.54, 1.807) is 18.0 Å². The van der Waals surface area contributed by atoms with Crippen molar-refractivity contribution in [3.63, 3.8) is 0 Å². The number of halogens is 2. The summed E-state index contributed by atoms with van der Waals surface area (Å²) in [6.07, 6.45) is 2.24. The highest BCUT2D eigenvalue weighted by Gasteiger charge is 2.24. The summed E-state index contributed by atoms with van der Waals surface area (Å²) in [5, 5.41) is 5.50. The van der Waals surface area contributed by atoms with Crippen LogP contribution in [0.5, 0.6) is 0 Å². The van der Waals surface area contributed by atoms with Crippen LogP contribution in [0.4, 0.5) is 4.79 Å². The third-order valence-electron chi connectivity index (χ3n) is 3.81. The van der Waals surface area contributed by atoms with Crippen molar-refractivity contribution < 1.29 is 9.59 Å². The Kier molecular flexibility index (Phi) is 6.35. The molecule has 2 rings (SSSR count). The van der Waals surface area contributed by atoms with Crippen molar-refractivity contribution in [2.24, 2.45) is 5.92 Å². The van der Waals surface area contributed by atoms with Gasteiger partial charge in [0.2, 0.25) is 5.91 Å². The van der Waals surface area contributed by atoms with Crippen molar-refractivity contribution >= 4 is 46.5 Å². The van der Waals surface area contributed by atoms with Crippen molar-refractivity contribution in [3.8, 4) is 0 Å². The number of amides is 3. The molecule has 0 bridgehead atoms. The highest BCUT2D eigenvalue weighted by atomic mass is 35.5. The number of nitrogens with one attached hydrogen (secondary N) is 2. The highest BCUT2D eigenvalue weighted by Crippen LogP contribution is 2.31. The molecule has 1 fully saturated rings. The molecule has 1 aromatic heterocycles. The van der Waals surface area contributed by atoms with Crippen molar-refractivity contribution in [1.82, 2.24) is 15.5 Å². The molecule has 0 spiro atoms. The van der Waals surface area contributed by atoms with Gasteiger partial charge in [-0.25, -0.2) is 4.79 Å². The minimum atomic E-state index is -0.100. The minimum Gasteiger partial charge on any atom is -0.359 e. The fraction of sp³-hybridized carbons (Fsp3) is 0.571. The topological polar surface area (TPSA) is 61.4 Å². The molecule has 0 aliphatic carbocycles. The summed E-state index contributed by atoms with van der Waals surface area (Å²) >= 11 is 13.2. The van der Waals surface area contributed by atoms with Gasteiger partial charge in [-0.05, 0) is 24.8 Å². The first kappa shape index (κ1) is 17.4. The number of carbonyl (C=O) groups is 2. The Morgan fingerprint density at radius 1 is 1.36 bits per heavy atom. The standard InChI is InChI=1S/C14H19Cl2N3O2S/c1-17-12(20)6-9-2-4-19(5-3-9)14(21)18-8-10-7-11(15)22-13(10)16/h7,9H,2-6,8H2,1H3,(H,17,20)(H,18,21). The van der Waals surface area contributed by atoms with Crippen molar-refractivity contribution in [3.05, 3.63) is 20.3 Å². The number of carbonyl (C=O) groups excluding carboxylic acids is 2. The third-order valence-corrected chi connectivity index (χ3v) is 5.38. The molecule has 1 aromatic rings. The van der Waals surface area contributed by atoms with E-state index in [0.29, 0.717) is 40.6 Å². The fourth-order valence-electron chi connectivity index (χ4n) is 2.48. The van der Waals surface area contributed by atoms with Crippen molar-refractivity contribution in [1.29, 1.82) is 0 Å². The fourth-order valence-corrected chi connectivity index (χ4v) is 3.97. The number of urea groups is 1. The molecule has 22 heavy (non-hydrogen) atoms. The van der Waals surface area contributed by atoms with Crippen LogP contribution in [0.2, 0.25) is 8.67 Å². The summed E-state index contributed by atoms with van der Waals surface area (Å²) in [4.78, 5) is 25.3. The number of hydrogen-bond donors (Lipinski definition) is 2. The first-order valence-electron chi connectivity index (χ1n) is 7.16. The average molecular weight is 364 g/mol. The average Bonchev–Trinajstić information content (AvgIpc) is 2.83. The quantitative estimate of drug-likeness (QED) is 0.863. The van der Waals surface area contributed by atoms with Gasteiger partial charge in [0, 0.05) is 38.7 Å². The number of piperidine rings is 1. The normalized spacial score (nSPS) is 15.7. The molecule has 2 heterocycles. The first-order chi connectivity index (χ1) is 10.5. The lowest BCUT2D eigenvalue weighted by atomic mass is 9.93. The predicted molar refractivity (Wildman–Crippen MR) is 89.6 cm³/mol. The van der Waals surface area contributed by atoms with E-state index in [1.807, 2.05) is 0 Å². The lowest BCUT2D eigenvalue weighted by molar-refractivity contribution is -0.121. The van der Waals surface area contributed by atoms with Crippen LogP contribution < -0.4 is 10.6 Å². The molecule has 1 aliphatic heterocycles. The molecule has 1 saturated heterocycles. The molecule has 3 amide bonds. The second kappa shape index (κ2) is 8.04. The molecule has 5 nitrogen and oxygen atoms in total. The summed E-state index contributed by atoms with van der Waals surface area (Å²) < 4.78 is 1.22. The van der Waals surface area contributed by atoms with Gasteiger partial charge in [0.25, 0.3) is 0 Å². The van der Waals surface area contributed by atoms with Gasteiger partial charge in [-0.3, -0.25) is 4.79 Å². The smallest absolute Gasteiger partial charge is 0.317 e. The van der Waals surface area contributed by atoms with Crippen LogP contribution in [-0.4, -0.2) is 37.0 Å². The third kappa shape index (κ3) is 4.76.